The van der Waals surface area contributed by atoms with Crippen molar-refractivity contribution in [3.05, 3.63) is 0 Å². The molecule has 0 spiro atoms. The summed E-state index contributed by atoms with van der Waals surface area (Å²) in [6, 6.07) is -0.0668. The zero-order valence-corrected chi connectivity index (χ0v) is 10.7. The second-order valence-corrected chi connectivity index (χ2v) is 3.84. The van der Waals surface area contributed by atoms with E-state index in [9.17, 15) is 9.59 Å². The Morgan fingerprint density at radius 2 is 2.12 bits per heavy atom. The first-order chi connectivity index (χ1) is 8.02. The lowest BCUT2D eigenvalue weighted by Crippen LogP contribution is -2.46. The molecule has 2 N–H and O–H groups in total. The van der Waals surface area contributed by atoms with Gasteiger partial charge in [-0.3, -0.25) is 9.59 Å². The molecule has 0 heterocycles. The number of methoxy groups -OCH3 is 1. The number of nitrogens with one attached hydrogen (secondary N) is 1. The Balaban J connectivity index is 4.18. The van der Waals surface area contributed by atoms with Crippen LogP contribution in [0.3, 0.4) is 0 Å². The Bertz CT molecular complexity index is 246. The molecule has 0 saturated carbocycles. The van der Waals surface area contributed by atoms with Gasteiger partial charge in [-0.25, -0.2) is 0 Å². The second-order valence-electron chi connectivity index (χ2n) is 3.84. The fourth-order valence-electron chi connectivity index (χ4n) is 1.33. The summed E-state index contributed by atoms with van der Waals surface area (Å²) < 4.78 is 4.84. The molecule has 0 fully saturated rings. The first-order valence-electron chi connectivity index (χ1n) is 5.73. The predicted octanol–water partition coefficient (Wildman–Crippen LogP) is -0.0659. The molecule has 1 amide bonds. The average molecular weight is 246 g/mol. The number of rotatable bonds is 9. The van der Waals surface area contributed by atoms with Crippen LogP contribution in [0.15, 0.2) is 0 Å². The maximum Gasteiger partial charge on any atom is 0.323 e. The van der Waals surface area contributed by atoms with E-state index < -0.39 is 5.97 Å². The zero-order chi connectivity index (χ0) is 13.3. The Labute approximate surface area is 102 Å². The van der Waals surface area contributed by atoms with Crippen molar-refractivity contribution in [2.45, 2.75) is 26.3 Å². The first-order valence-corrected chi connectivity index (χ1v) is 5.73. The van der Waals surface area contributed by atoms with E-state index in [4.69, 9.17) is 9.84 Å². The maximum absolute atomic E-state index is 11.8. The molecule has 6 nitrogen and oxygen atoms in total. The number of carboxylic acids is 1. The smallest absolute Gasteiger partial charge is 0.323 e. The molecule has 0 aromatic heterocycles. The molecule has 0 saturated heterocycles. The van der Waals surface area contributed by atoms with Gasteiger partial charge in [0.25, 0.3) is 0 Å². The summed E-state index contributed by atoms with van der Waals surface area (Å²) in [5.41, 5.74) is 0. The highest BCUT2D eigenvalue weighted by Gasteiger charge is 2.20. The highest BCUT2D eigenvalue weighted by Crippen LogP contribution is 2.03. The average Bonchev–Trinajstić information content (AvgIpc) is 2.30. The Hall–Kier alpha value is -1.14. The molecule has 6 heteroatoms. The van der Waals surface area contributed by atoms with Gasteiger partial charge in [-0.15, -0.1) is 0 Å². The van der Waals surface area contributed by atoms with Gasteiger partial charge in [0, 0.05) is 19.7 Å². The van der Waals surface area contributed by atoms with Gasteiger partial charge in [0.2, 0.25) is 5.91 Å². The van der Waals surface area contributed by atoms with E-state index in [0.29, 0.717) is 13.2 Å². The SMILES string of the molecule is CCC(C)N(CC(=O)O)C(=O)CNCCOC. The molecular weight excluding hydrogens is 224 g/mol. The molecule has 0 aliphatic heterocycles. The zero-order valence-electron chi connectivity index (χ0n) is 10.7. The van der Waals surface area contributed by atoms with Crippen LogP contribution >= 0.6 is 0 Å². The van der Waals surface area contributed by atoms with E-state index in [1.54, 1.807) is 7.11 Å². The summed E-state index contributed by atoms with van der Waals surface area (Å²) in [5, 5.41) is 11.7. The normalized spacial score (nSPS) is 12.2. The van der Waals surface area contributed by atoms with Crippen LogP contribution in [0.4, 0.5) is 0 Å². The number of carbonyl (C=O) groups is 2. The molecule has 1 unspecified atom stereocenters. The van der Waals surface area contributed by atoms with Crippen molar-refractivity contribution in [1.82, 2.24) is 10.2 Å². The molecule has 0 aromatic rings. The van der Waals surface area contributed by atoms with Crippen LogP contribution in [-0.2, 0) is 14.3 Å². The number of ether oxygens (including phenoxy) is 1. The minimum Gasteiger partial charge on any atom is -0.480 e. The summed E-state index contributed by atoms with van der Waals surface area (Å²) in [4.78, 5) is 23.9. The van der Waals surface area contributed by atoms with Crippen LogP contribution < -0.4 is 5.32 Å². The van der Waals surface area contributed by atoms with Crippen LogP contribution in [0.1, 0.15) is 20.3 Å². The summed E-state index contributed by atoms with van der Waals surface area (Å²) in [7, 11) is 1.58. The number of nitrogens with zero attached hydrogens (tertiary/aromatic N) is 1. The number of hydrogen-bond acceptors (Lipinski definition) is 4. The van der Waals surface area contributed by atoms with Gasteiger partial charge in [0.05, 0.1) is 13.2 Å². The van der Waals surface area contributed by atoms with E-state index >= 15 is 0 Å². The summed E-state index contributed by atoms with van der Waals surface area (Å²) >= 11 is 0. The molecule has 1 atom stereocenters. The minimum atomic E-state index is -0.990. The molecule has 0 rings (SSSR count). The second kappa shape index (κ2) is 8.95. The third-order valence-corrected chi connectivity index (χ3v) is 2.51. The standard InChI is InChI=1S/C11H22N2O4/c1-4-9(2)13(8-11(15)16)10(14)7-12-5-6-17-3/h9,12H,4-8H2,1-3H3,(H,15,16). The third-order valence-electron chi connectivity index (χ3n) is 2.51. The number of hydrogen-bond donors (Lipinski definition) is 2. The molecule has 17 heavy (non-hydrogen) atoms. The van der Waals surface area contributed by atoms with Gasteiger partial charge < -0.3 is 20.1 Å². The lowest BCUT2D eigenvalue weighted by molar-refractivity contribution is -0.145. The molecule has 0 aromatic carbocycles. The van der Waals surface area contributed by atoms with Crippen molar-refractivity contribution in [3.63, 3.8) is 0 Å². The summed E-state index contributed by atoms with van der Waals surface area (Å²) in [5.74, 6) is -1.19. The Morgan fingerprint density at radius 3 is 2.59 bits per heavy atom. The van der Waals surface area contributed by atoms with Crippen molar-refractivity contribution in [2.75, 3.05) is 33.4 Å². The van der Waals surface area contributed by atoms with Crippen LogP contribution in [0, 0.1) is 0 Å². The van der Waals surface area contributed by atoms with E-state index in [2.05, 4.69) is 5.32 Å². The third kappa shape index (κ3) is 6.91. The van der Waals surface area contributed by atoms with Crippen LogP contribution in [0.5, 0.6) is 0 Å². The fourth-order valence-corrected chi connectivity index (χ4v) is 1.33. The highest BCUT2D eigenvalue weighted by atomic mass is 16.5. The minimum absolute atomic E-state index is 0.0668. The molecule has 0 aliphatic carbocycles. The van der Waals surface area contributed by atoms with Crippen molar-refractivity contribution in [1.29, 1.82) is 0 Å². The molecule has 0 bridgehead atoms. The Morgan fingerprint density at radius 1 is 1.47 bits per heavy atom. The van der Waals surface area contributed by atoms with Gasteiger partial charge in [-0.05, 0) is 13.3 Å². The largest absolute Gasteiger partial charge is 0.480 e. The van der Waals surface area contributed by atoms with E-state index in [-0.39, 0.29) is 25.0 Å². The topological polar surface area (TPSA) is 78.9 Å². The van der Waals surface area contributed by atoms with Gasteiger partial charge in [0.1, 0.15) is 6.54 Å². The van der Waals surface area contributed by atoms with E-state index in [1.165, 1.54) is 4.90 Å². The first kappa shape index (κ1) is 15.9. The van der Waals surface area contributed by atoms with Crippen LogP contribution in [-0.4, -0.2) is 61.3 Å². The molecule has 100 valence electrons. The van der Waals surface area contributed by atoms with E-state index in [1.807, 2.05) is 13.8 Å². The van der Waals surface area contributed by atoms with Gasteiger partial charge in [-0.1, -0.05) is 6.92 Å². The van der Waals surface area contributed by atoms with E-state index in [0.717, 1.165) is 6.42 Å². The van der Waals surface area contributed by atoms with Crippen molar-refractivity contribution in [2.24, 2.45) is 0 Å². The highest BCUT2D eigenvalue weighted by molar-refractivity contribution is 5.83. The van der Waals surface area contributed by atoms with Crippen LogP contribution in [0.25, 0.3) is 0 Å². The quantitative estimate of drug-likeness (QED) is 0.557. The Kier molecular flexibility index (Phi) is 8.35. The number of carboxylic acid groups (broad SMARTS) is 1. The van der Waals surface area contributed by atoms with Crippen molar-refractivity contribution < 1.29 is 19.4 Å². The maximum atomic E-state index is 11.8. The number of carbonyl (C=O) groups excluding carboxylic acids is 1. The van der Waals surface area contributed by atoms with Gasteiger partial charge in [-0.2, -0.15) is 0 Å². The monoisotopic (exact) mass is 246 g/mol. The molecular formula is C11H22N2O4. The number of amides is 1. The molecule has 0 aliphatic rings. The molecule has 0 radical (unpaired) electrons. The van der Waals surface area contributed by atoms with Crippen LogP contribution in [0.2, 0.25) is 0 Å². The lowest BCUT2D eigenvalue weighted by atomic mass is 10.2. The fraction of sp³-hybridized carbons (Fsp3) is 0.818. The van der Waals surface area contributed by atoms with Crippen molar-refractivity contribution >= 4 is 11.9 Å². The summed E-state index contributed by atoms with van der Waals surface area (Å²) in [6.45, 7) is 4.75. The lowest BCUT2D eigenvalue weighted by Gasteiger charge is -2.27. The predicted molar refractivity (Wildman–Crippen MR) is 63.8 cm³/mol. The van der Waals surface area contributed by atoms with Gasteiger partial charge >= 0.3 is 5.97 Å². The van der Waals surface area contributed by atoms with Crippen molar-refractivity contribution in [3.8, 4) is 0 Å². The summed E-state index contributed by atoms with van der Waals surface area (Å²) in [6.07, 6.45) is 0.733. The number of aliphatic carboxylic acids is 1. The van der Waals surface area contributed by atoms with Gasteiger partial charge in [0.15, 0.2) is 0 Å².